The second-order valence-electron chi connectivity index (χ2n) is 4.65. The molecule has 1 fully saturated rings. The lowest BCUT2D eigenvalue weighted by Gasteiger charge is -2.28. The lowest BCUT2D eigenvalue weighted by molar-refractivity contribution is -0.135. The maximum absolute atomic E-state index is 12.0. The Kier molecular flexibility index (Phi) is 4.87. The summed E-state index contributed by atoms with van der Waals surface area (Å²) in [6, 6.07) is 0.387. The smallest absolute Gasteiger partial charge is 0.226 e. The van der Waals surface area contributed by atoms with Crippen molar-refractivity contribution < 1.29 is 4.79 Å². The number of hydrogen-bond acceptors (Lipinski definition) is 2. The Morgan fingerprint density at radius 2 is 2.27 bits per heavy atom. The molecule has 0 N–H and O–H groups in total. The Hall–Kier alpha value is -0.280. The van der Waals surface area contributed by atoms with Crippen LogP contribution in [0.2, 0.25) is 0 Å². The van der Waals surface area contributed by atoms with E-state index in [1.807, 2.05) is 25.9 Å². The largest absolute Gasteiger partial charge is 0.338 e. The van der Waals surface area contributed by atoms with Crippen LogP contribution in [0.4, 0.5) is 0 Å². The lowest BCUT2D eigenvalue weighted by Crippen LogP contribution is -2.43. The number of carbonyl (C=O) groups excluding carboxylic acids is 1. The summed E-state index contributed by atoms with van der Waals surface area (Å²) >= 11 is 5.72. The molecule has 15 heavy (non-hydrogen) atoms. The van der Waals surface area contributed by atoms with E-state index in [1.165, 1.54) is 0 Å². The zero-order valence-corrected chi connectivity index (χ0v) is 10.6. The highest BCUT2D eigenvalue weighted by Gasteiger charge is 2.30. The van der Waals surface area contributed by atoms with E-state index in [4.69, 9.17) is 11.6 Å². The third-order valence-electron chi connectivity index (χ3n) is 2.89. The van der Waals surface area contributed by atoms with Gasteiger partial charge in [-0.3, -0.25) is 4.79 Å². The minimum atomic E-state index is -0.0468. The van der Waals surface area contributed by atoms with Gasteiger partial charge in [0.15, 0.2) is 0 Å². The average Bonchev–Trinajstić information content (AvgIpc) is 2.62. The van der Waals surface area contributed by atoms with E-state index in [-0.39, 0.29) is 11.8 Å². The number of carbonyl (C=O) groups is 1. The number of halogens is 1. The summed E-state index contributed by atoms with van der Waals surface area (Å²) in [4.78, 5) is 16.1. The quantitative estimate of drug-likeness (QED) is 0.685. The second-order valence-corrected chi connectivity index (χ2v) is 4.95. The van der Waals surface area contributed by atoms with Crippen LogP contribution in [0, 0.1) is 5.92 Å². The number of nitrogens with zero attached hydrogens (tertiary/aromatic N) is 2. The van der Waals surface area contributed by atoms with E-state index >= 15 is 0 Å². The van der Waals surface area contributed by atoms with Crippen LogP contribution in [-0.2, 0) is 4.79 Å². The summed E-state index contributed by atoms with van der Waals surface area (Å²) in [5.41, 5.74) is 0. The van der Waals surface area contributed by atoms with Crippen molar-refractivity contribution in [2.24, 2.45) is 5.92 Å². The van der Waals surface area contributed by atoms with Crippen molar-refractivity contribution in [3.05, 3.63) is 0 Å². The Balaban J connectivity index is 2.55. The first kappa shape index (κ1) is 12.8. The van der Waals surface area contributed by atoms with E-state index in [1.54, 1.807) is 0 Å². The molecule has 0 bridgehead atoms. The van der Waals surface area contributed by atoms with Crippen molar-refractivity contribution in [3.63, 3.8) is 0 Å². The predicted octanol–water partition coefficient (Wildman–Crippen LogP) is 1.41. The molecule has 1 saturated heterocycles. The molecular formula is C11H21ClN2O. The molecule has 0 aromatic heterocycles. The molecule has 0 saturated carbocycles. The summed E-state index contributed by atoms with van der Waals surface area (Å²) in [7, 11) is 4.10. The first-order valence-corrected chi connectivity index (χ1v) is 6.11. The van der Waals surface area contributed by atoms with Crippen LogP contribution >= 0.6 is 11.6 Å². The van der Waals surface area contributed by atoms with Gasteiger partial charge in [0.2, 0.25) is 5.91 Å². The number of amides is 1. The van der Waals surface area contributed by atoms with Gasteiger partial charge in [-0.25, -0.2) is 0 Å². The van der Waals surface area contributed by atoms with E-state index in [0.717, 1.165) is 25.9 Å². The fourth-order valence-corrected chi connectivity index (χ4v) is 2.22. The number of rotatable bonds is 4. The van der Waals surface area contributed by atoms with Crippen LogP contribution < -0.4 is 0 Å². The molecule has 1 aliphatic rings. The monoisotopic (exact) mass is 232 g/mol. The van der Waals surface area contributed by atoms with Gasteiger partial charge in [0.25, 0.3) is 0 Å². The van der Waals surface area contributed by atoms with E-state index in [2.05, 4.69) is 4.90 Å². The number of hydrogen-bond donors (Lipinski definition) is 0. The zero-order valence-electron chi connectivity index (χ0n) is 9.87. The summed E-state index contributed by atoms with van der Waals surface area (Å²) in [6.45, 7) is 3.76. The molecule has 0 aliphatic carbocycles. The average molecular weight is 233 g/mol. The van der Waals surface area contributed by atoms with Crippen LogP contribution in [0.25, 0.3) is 0 Å². The first-order valence-electron chi connectivity index (χ1n) is 5.57. The molecule has 0 radical (unpaired) electrons. The lowest BCUT2D eigenvalue weighted by atomic mass is 10.1. The molecule has 0 aromatic carbocycles. The van der Waals surface area contributed by atoms with Gasteiger partial charge >= 0.3 is 0 Å². The molecule has 1 amide bonds. The predicted molar refractivity (Wildman–Crippen MR) is 63.2 cm³/mol. The SMILES string of the molecule is CC(CCl)C(=O)N1CCCC1CN(C)C. The molecular weight excluding hydrogens is 212 g/mol. The van der Waals surface area contributed by atoms with Gasteiger partial charge in [-0.05, 0) is 26.9 Å². The highest BCUT2D eigenvalue weighted by molar-refractivity contribution is 6.19. The van der Waals surface area contributed by atoms with Crippen molar-refractivity contribution in [2.45, 2.75) is 25.8 Å². The maximum Gasteiger partial charge on any atom is 0.226 e. The Morgan fingerprint density at radius 1 is 1.60 bits per heavy atom. The Morgan fingerprint density at radius 3 is 2.80 bits per heavy atom. The zero-order chi connectivity index (χ0) is 11.4. The van der Waals surface area contributed by atoms with Crippen LogP contribution in [-0.4, -0.2) is 54.8 Å². The first-order chi connectivity index (χ1) is 7.06. The molecule has 88 valence electrons. The third-order valence-corrected chi connectivity index (χ3v) is 3.35. The molecule has 2 atom stereocenters. The highest BCUT2D eigenvalue weighted by Crippen LogP contribution is 2.20. The topological polar surface area (TPSA) is 23.6 Å². The van der Waals surface area contributed by atoms with Crippen LogP contribution in [0.3, 0.4) is 0 Å². The minimum Gasteiger partial charge on any atom is -0.338 e. The van der Waals surface area contributed by atoms with Gasteiger partial charge in [-0.2, -0.15) is 0 Å². The maximum atomic E-state index is 12.0. The van der Waals surface area contributed by atoms with Crippen LogP contribution in [0.1, 0.15) is 19.8 Å². The van der Waals surface area contributed by atoms with Crippen LogP contribution in [0.5, 0.6) is 0 Å². The molecule has 1 rings (SSSR count). The molecule has 1 aliphatic heterocycles. The standard InChI is InChI=1S/C11H21ClN2O/c1-9(7-12)11(15)14-6-4-5-10(14)8-13(2)3/h9-10H,4-8H2,1-3H3. The molecule has 1 heterocycles. The number of alkyl halides is 1. The normalized spacial score (nSPS) is 23.5. The van der Waals surface area contributed by atoms with Crippen molar-refractivity contribution in [1.82, 2.24) is 9.80 Å². The van der Waals surface area contributed by atoms with Gasteiger partial charge in [0.1, 0.15) is 0 Å². The fourth-order valence-electron chi connectivity index (χ4n) is 2.09. The Labute approximate surface area is 97.4 Å². The molecule has 0 spiro atoms. The van der Waals surface area contributed by atoms with Crippen molar-refractivity contribution in [2.75, 3.05) is 33.1 Å². The molecule has 3 nitrogen and oxygen atoms in total. The van der Waals surface area contributed by atoms with Crippen molar-refractivity contribution >= 4 is 17.5 Å². The summed E-state index contributed by atoms with van der Waals surface area (Å²) < 4.78 is 0. The molecule has 4 heteroatoms. The summed E-state index contributed by atoms with van der Waals surface area (Å²) in [5.74, 6) is 0.591. The van der Waals surface area contributed by atoms with Gasteiger partial charge in [0, 0.05) is 30.9 Å². The van der Waals surface area contributed by atoms with Gasteiger partial charge in [-0.15, -0.1) is 11.6 Å². The van der Waals surface area contributed by atoms with Gasteiger partial charge in [0.05, 0.1) is 0 Å². The van der Waals surface area contributed by atoms with Crippen molar-refractivity contribution in [1.29, 1.82) is 0 Å². The Bertz CT molecular complexity index is 221. The van der Waals surface area contributed by atoms with Crippen LogP contribution in [0.15, 0.2) is 0 Å². The van der Waals surface area contributed by atoms with Gasteiger partial charge in [-0.1, -0.05) is 6.92 Å². The van der Waals surface area contributed by atoms with E-state index < -0.39 is 0 Å². The van der Waals surface area contributed by atoms with E-state index in [0.29, 0.717) is 11.9 Å². The van der Waals surface area contributed by atoms with Crippen molar-refractivity contribution in [3.8, 4) is 0 Å². The minimum absolute atomic E-state index is 0.0468. The van der Waals surface area contributed by atoms with Gasteiger partial charge < -0.3 is 9.80 Å². The molecule has 2 unspecified atom stereocenters. The highest BCUT2D eigenvalue weighted by atomic mass is 35.5. The molecule has 0 aromatic rings. The fraction of sp³-hybridized carbons (Fsp3) is 0.909. The summed E-state index contributed by atoms with van der Waals surface area (Å²) in [6.07, 6.45) is 2.25. The third kappa shape index (κ3) is 3.35. The van der Waals surface area contributed by atoms with E-state index in [9.17, 15) is 4.79 Å². The second kappa shape index (κ2) is 5.71. The number of likely N-dealkylation sites (tertiary alicyclic amines) is 1. The summed E-state index contributed by atoms with van der Waals surface area (Å²) in [5, 5.41) is 0. The number of likely N-dealkylation sites (N-methyl/N-ethyl adjacent to an activating group) is 1.